The number of aliphatic hydroxyl groups excluding tert-OH is 1. The van der Waals surface area contributed by atoms with Gasteiger partial charge in [0.25, 0.3) is 0 Å². The predicted molar refractivity (Wildman–Crippen MR) is 124 cm³/mol. The van der Waals surface area contributed by atoms with Gasteiger partial charge in [-0.2, -0.15) is 0 Å². The molecule has 3 rings (SSSR count). The van der Waals surface area contributed by atoms with Crippen molar-refractivity contribution >= 4 is 17.6 Å². The normalized spacial score (nSPS) is 15.1. The number of anilines is 1. The average molecular weight is 425 g/mol. The van der Waals surface area contributed by atoms with E-state index in [1.165, 1.54) is 0 Å². The molecule has 2 aromatic rings. The fraction of sp³-hybridized carbons (Fsp3) is 0.417. The Kier molecular flexibility index (Phi) is 8.29. The van der Waals surface area contributed by atoms with E-state index in [-0.39, 0.29) is 12.5 Å². The van der Waals surface area contributed by atoms with Crippen LogP contribution in [0.1, 0.15) is 30.9 Å². The molecule has 1 heterocycles. The molecule has 2 aromatic carbocycles. The fourth-order valence-corrected chi connectivity index (χ4v) is 3.39. The summed E-state index contributed by atoms with van der Waals surface area (Å²) in [7, 11) is 0. The van der Waals surface area contributed by atoms with Crippen LogP contribution in [0, 0.1) is 6.92 Å². The first-order valence-corrected chi connectivity index (χ1v) is 10.8. The summed E-state index contributed by atoms with van der Waals surface area (Å²) in [5.41, 5.74) is 3.11. The van der Waals surface area contributed by atoms with Crippen molar-refractivity contribution in [1.82, 2.24) is 10.6 Å². The van der Waals surface area contributed by atoms with Crippen molar-refractivity contribution < 1.29 is 14.6 Å². The quantitative estimate of drug-likeness (QED) is 0.426. The van der Waals surface area contributed by atoms with Crippen molar-refractivity contribution in [2.75, 3.05) is 31.1 Å². The van der Waals surface area contributed by atoms with Crippen molar-refractivity contribution in [2.45, 2.75) is 39.3 Å². The number of ether oxygens (including phenoxy) is 1. The fourth-order valence-electron chi connectivity index (χ4n) is 3.39. The lowest BCUT2D eigenvalue weighted by Gasteiger charge is -2.17. The van der Waals surface area contributed by atoms with Gasteiger partial charge in [-0.1, -0.05) is 24.3 Å². The van der Waals surface area contributed by atoms with Gasteiger partial charge in [0.2, 0.25) is 5.91 Å². The van der Waals surface area contributed by atoms with Crippen LogP contribution in [0.15, 0.2) is 53.5 Å². The predicted octanol–water partition coefficient (Wildman–Crippen LogP) is 2.62. The zero-order chi connectivity index (χ0) is 22.1. The van der Waals surface area contributed by atoms with Gasteiger partial charge in [0.1, 0.15) is 18.5 Å². The highest BCUT2D eigenvalue weighted by Gasteiger charge is 2.21. The molecule has 1 unspecified atom stereocenters. The smallest absolute Gasteiger partial charge is 0.227 e. The number of benzene rings is 2. The Balaban J connectivity index is 1.48. The van der Waals surface area contributed by atoms with E-state index in [0.717, 1.165) is 42.1 Å². The summed E-state index contributed by atoms with van der Waals surface area (Å²) in [5.74, 6) is 1.57. The van der Waals surface area contributed by atoms with Gasteiger partial charge in [-0.3, -0.25) is 4.79 Å². The highest BCUT2D eigenvalue weighted by molar-refractivity contribution is 5.95. The van der Waals surface area contributed by atoms with Crippen LogP contribution in [0.25, 0.3) is 0 Å². The molecule has 0 aromatic heterocycles. The minimum Gasteiger partial charge on any atom is -0.491 e. The number of amides is 1. The highest BCUT2D eigenvalue weighted by Crippen LogP contribution is 2.21. The van der Waals surface area contributed by atoms with Crippen LogP contribution < -0.4 is 20.3 Å². The van der Waals surface area contributed by atoms with E-state index < -0.39 is 6.10 Å². The van der Waals surface area contributed by atoms with Crippen LogP contribution in [0.2, 0.25) is 0 Å². The summed E-state index contributed by atoms with van der Waals surface area (Å²) in [6, 6.07) is 15.7. The van der Waals surface area contributed by atoms with Gasteiger partial charge in [0.15, 0.2) is 5.96 Å². The molecule has 1 fully saturated rings. The molecule has 1 amide bonds. The van der Waals surface area contributed by atoms with Crippen LogP contribution in [-0.4, -0.2) is 49.3 Å². The van der Waals surface area contributed by atoms with Gasteiger partial charge in [0.05, 0.1) is 6.54 Å². The van der Waals surface area contributed by atoms with Gasteiger partial charge in [-0.25, -0.2) is 4.99 Å². The maximum atomic E-state index is 11.9. The summed E-state index contributed by atoms with van der Waals surface area (Å²) in [6.07, 6.45) is 0.887. The van der Waals surface area contributed by atoms with Crippen molar-refractivity contribution in [3.05, 3.63) is 59.7 Å². The summed E-state index contributed by atoms with van der Waals surface area (Å²) >= 11 is 0. The van der Waals surface area contributed by atoms with E-state index in [1.54, 1.807) is 0 Å². The number of guanidine groups is 1. The van der Waals surface area contributed by atoms with Gasteiger partial charge < -0.3 is 25.4 Å². The number of carbonyl (C=O) groups is 1. The van der Waals surface area contributed by atoms with Crippen molar-refractivity contribution in [1.29, 1.82) is 0 Å². The zero-order valence-corrected chi connectivity index (χ0v) is 18.3. The molecule has 31 heavy (non-hydrogen) atoms. The number of nitrogens with one attached hydrogen (secondary N) is 2. The lowest BCUT2D eigenvalue weighted by Crippen LogP contribution is -2.42. The molecule has 1 aliphatic rings. The zero-order valence-electron chi connectivity index (χ0n) is 18.3. The lowest BCUT2D eigenvalue weighted by molar-refractivity contribution is -0.117. The first-order chi connectivity index (χ1) is 15.0. The van der Waals surface area contributed by atoms with Gasteiger partial charge in [0, 0.05) is 31.7 Å². The maximum Gasteiger partial charge on any atom is 0.227 e. The molecule has 0 bridgehead atoms. The van der Waals surface area contributed by atoms with E-state index in [2.05, 4.69) is 15.6 Å². The number of nitrogens with zero attached hydrogens (tertiary/aromatic N) is 2. The molecule has 7 nitrogen and oxygen atoms in total. The minimum atomic E-state index is -0.665. The van der Waals surface area contributed by atoms with E-state index in [9.17, 15) is 9.90 Å². The Morgan fingerprint density at radius 3 is 2.71 bits per heavy atom. The first-order valence-electron chi connectivity index (χ1n) is 10.8. The van der Waals surface area contributed by atoms with Gasteiger partial charge in [-0.05, 0) is 55.7 Å². The molecule has 0 aliphatic carbocycles. The summed E-state index contributed by atoms with van der Waals surface area (Å²) in [6.45, 7) is 6.54. The standard InChI is InChI=1S/C24H32N4O3/c1-3-25-24(27-16-21(29)17-31-22-7-4-6-18(2)14-22)26-15-19-9-11-20(12-10-19)28-13-5-8-23(28)30/h4,6-7,9-12,14,21,29H,3,5,8,13,15-17H2,1-2H3,(H2,25,26,27). The van der Waals surface area contributed by atoms with Crippen molar-refractivity contribution in [2.24, 2.45) is 4.99 Å². The van der Waals surface area contributed by atoms with E-state index in [1.807, 2.05) is 67.3 Å². The number of aliphatic hydroxyl groups is 1. The third kappa shape index (κ3) is 7.00. The Hall–Kier alpha value is -3.06. The number of hydrogen-bond donors (Lipinski definition) is 3. The Morgan fingerprint density at radius 2 is 2.03 bits per heavy atom. The summed E-state index contributed by atoms with van der Waals surface area (Å²) in [4.78, 5) is 18.3. The van der Waals surface area contributed by atoms with Crippen LogP contribution in [0.4, 0.5) is 5.69 Å². The van der Waals surface area contributed by atoms with E-state index in [0.29, 0.717) is 25.5 Å². The van der Waals surface area contributed by atoms with Crippen molar-refractivity contribution in [3.63, 3.8) is 0 Å². The molecule has 166 valence electrons. The van der Waals surface area contributed by atoms with E-state index in [4.69, 9.17) is 4.74 Å². The molecule has 3 N–H and O–H groups in total. The van der Waals surface area contributed by atoms with Crippen LogP contribution in [0.3, 0.4) is 0 Å². The monoisotopic (exact) mass is 424 g/mol. The third-order valence-electron chi connectivity index (χ3n) is 5.02. The second-order valence-corrected chi connectivity index (χ2v) is 7.67. The SMILES string of the molecule is CCNC(=NCc1ccc(N2CCCC2=O)cc1)NCC(O)COc1cccc(C)c1. The molecule has 0 radical (unpaired) electrons. The molecular formula is C24H32N4O3. The highest BCUT2D eigenvalue weighted by atomic mass is 16.5. The average Bonchev–Trinajstić information content (AvgIpc) is 3.20. The Morgan fingerprint density at radius 1 is 1.23 bits per heavy atom. The van der Waals surface area contributed by atoms with Crippen LogP contribution in [-0.2, 0) is 11.3 Å². The van der Waals surface area contributed by atoms with Gasteiger partial charge in [-0.15, -0.1) is 0 Å². The number of aryl methyl sites for hydroxylation is 1. The number of carbonyl (C=O) groups excluding carboxylic acids is 1. The number of hydrogen-bond acceptors (Lipinski definition) is 4. The van der Waals surface area contributed by atoms with E-state index >= 15 is 0 Å². The maximum absolute atomic E-state index is 11.9. The number of rotatable bonds is 9. The Bertz CT molecular complexity index is 883. The summed E-state index contributed by atoms with van der Waals surface area (Å²) in [5, 5.41) is 16.6. The van der Waals surface area contributed by atoms with Crippen LogP contribution in [0.5, 0.6) is 5.75 Å². The molecule has 1 saturated heterocycles. The molecule has 1 atom stereocenters. The largest absolute Gasteiger partial charge is 0.491 e. The molecule has 1 aliphatic heterocycles. The second kappa shape index (κ2) is 11.4. The van der Waals surface area contributed by atoms with Gasteiger partial charge >= 0.3 is 0 Å². The minimum absolute atomic E-state index is 0.189. The molecule has 0 saturated carbocycles. The number of aliphatic imine (C=N–C) groups is 1. The second-order valence-electron chi connectivity index (χ2n) is 7.67. The Labute approximate surface area is 184 Å². The molecule has 7 heteroatoms. The first kappa shape index (κ1) is 22.6. The lowest BCUT2D eigenvalue weighted by atomic mass is 10.2. The van der Waals surface area contributed by atoms with Crippen molar-refractivity contribution in [3.8, 4) is 5.75 Å². The third-order valence-corrected chi connectivity index (χ3v) is 5.02. The van der Waals surface area contributed by atoms with Crippen LogP contribution >= 0.6 is 0 Å². The summed E-state index contributed by atoms with van der Waals surface area (Å²) < 4.78 is 5.65. The molecule has 0 spiro atoms. The molecular weight excluding hydrogens is 392 g/mol. The topological polar surface area (TPSA) is 86.2 Å².